The average molecular weight is 245 g/mol. The summed E-state index contributed by atoms with van der Waals surface area (Å²) in [4.78, 5) is 20.3. The van der Waals surface area contributed by atoms with Crippen LogP contribution < -0.4 is 0 Å². The van der Waals surface area contributed by atoms with Crippen LogP contribution in [0.15, 0.2) is 6.07 Å². The van der Waals surface area contributed by atoms with Gasteiger partial charge in [0, 0.05) is 11.4 Å². The smallest absolute Gasteiger partial charge is 0.129 e. The molecule has 0 saturated carbocycles. The second kappa shape index (κ2) is 6.14. The van der Waals surface area contributed by atoms with Gasteiger partial charge in [-0.2, -0.15) is 0 Å². The Morgan fingerprint density at radius 2 is 0.778 bits per heavy atom. The molecule has 0 radical (unpaired) electrons. The molecule has 2 heterocycles. The van der Waals surface area contributed by atoms with E-state index < -0.39 is 0 Å². The Balaban J connectivity index is 0.000000180. The highest BCUT2D eigenvalue weighted by molar-refractivity contribution is 5.07. The standard InChI is InChI=1S/C7H10N2.C6H9N3/c1-5-4-6(2)9-7(3)8-5;1-4-7-5(2)9-6(3)8-4/h4H,1-3H3;1-3H3. The van der Waals surface area contributed by atoms with Gasteiger partial charge < -0.3 is 0 Å². The molecule has 5 nitrogen and oxygen atoms in total. The van der Waals surface area contributed by atoms with Crippen molar-refractivity contribution in [3.05, 3.63) is 40.8 Å². The minimum atomic E-state index is 0.792. The fourth-order valence-corrected chi connectivity index (χ4v) is 1.68. The number of nitrogens with zero attached hydrogens (tertiary/aromatic N) is 5. The molecule has 0 aliphatic carbocycles. The maximum Gasteiger partial charge on any atom is 0.129 e. The first-order chi connectivity index (χ1) is 8.36. The summed E-state index contributed by atoms with van der Waals surface area (Å²) in [6, 6.07) is 1.97. The Morgan fingerprint density at radius 3 is 1.06 bits per heavy atom. The Morgan fingerprint density at radius 1 is 0.500 bits per heavy atom. The molecule has 0 N–H and O–H groups in total. The van der Waals surface area contributed by atoms with Crippen molar-refractivity contribution < 1.29 is 0 Å². The van der Waals surface area contributed by atoms with Crippen LogP contribution in [0.25, 0.3) is 0 Å². The number of rotatable bonds is 0. The Kier molecular flexibility index (Phi) is 4.83. The van der Waals surface area contributed by atoms with Gasteiger partial charge in [-0.15, -0.1) is 0 Å². The Labute approximate surface area is 108 Å². The van der Waals surface area contributed by atoms with Crippen LogP contribution in [0.1, 0.15) is 34.7 Å². The minimum absolute atomic E-state index is 0.792. The van der Waals surface area contributed by atoms with Gasteiger partial charge in [-0.05, 0) is 47.6 Å². The van der Waals surface area contributed by atoms with Crippen LogP contribution >= 0.6 is 0 Å². The predicted octanol–water partition coefficient (Wildman–Crippen LogP) is 2.20. The second-order valence-corrected chi connectivity index (χ2v) is 4.17. The van der Waals surface area contributed by atoms with Crippen molar-refractivity contribution in [2.45, 2.75) is 41.5 Å². The molecule has 0 unspecified atom stereocenters. The Bertz CT molecular complexity index is 386. The third kappa shape index (κ3) is 4.95. The first-order valence-electron chi connectivity index (χ1n) is 5.81. The molecule has 18 heavy (non-hydrogen) atoms. The molecule has 0 aliphatic rings. The lowest BCUT2D eigenvalue weighted by Crippen LogP contribution is -1.97. The van der Waals surface area contributed by atoms with Crippen molar-refractivity contribution in [1.29, 1.82) is 0 Å². The number of hydrogen-bond donors (Lipinski definition) is 0. The SMILES string of the molecule is Cc1cc(C)nc(C)n1.Cc1nc(C)nc(C)n1. The molecule has 0 atom stereocenters. The molecular formula is C13H19N5. The summed E-state index contributed by atoms with van der Waals surface area (Å²) in [5.74, 6) is 3.23. The highest BCUT2D eigenvalue weighted by Crippen LogP contribution is 1.96. The topological polar surface area (TPSA) is 64.5 Å². The summed E-state index contributed by atoms with van der Waals surface area (Å²) in [5, 5.41) is 0. The second-order valence-electron chi connectivity index (χ2n) is 4.17. The highest BCUT2D eigenvalue weighted by atomic mass is 15.0. The van der Waals surface area contributed by atoms with Crippen LogP contribution in [-0.2, 0) is 0 Å². The molecule has 0 amide bonds. The van der Waals surface area contributed by atoms with Crippen molar-refractivity contribution in [2.75, 3.05) is 0 Å². The summed E-state index contributed by atoms with van der Waals surface area (Å²) < 4.78 is 0. The maximum atomic E-state index is 4.12. The van der Waals surface area contributed by atoms with E-state index in [0.29, 0.717) is 0 Å². The molecule has 5 heteroatoms. The van der Waals surface area contributed by atoms with Crippen LogP contribution in [-0.4, -0.2) is 24.9 Å². The van der Waals surface area contributed by atoms with Crippen LogP contribution in [0.5, 0.6) is 0 Å². The lowest BCUT2D eigenvalue weighted by atomic mass is 10.3. The first kappa shape index (κ1) is 14.2. The molecule has 2 aromatic rings. The molecular weight excluding hydrogens is 226 g/mol. The van der Waals surface area contributed by atoms with E-state index in [-0.39, 0.29) is 0 Å². The lowest BCUT2D eigenvalue weighted by molar-refractivity contribution is 0.875. The lowest BCUT2D eigenvalue weighted by Gasteiger charge is -1.95. The van der Waals surface area contributed by atoms with E-state index in [1.54, 1.807) is 0 Å². The fraction of sp³-hybridized carbons (Fsp3) is 0.462. The monoisotopic (exact) mass is 245 g/mol. The van der Waals surface area contributed by atoms with E-state index in [4.69, 9.17) is 0 Å². The van der Waals surface area contributed by atoms with Gasteiger partial charge in [0.2, 0.25) is 0 Å². The minimum Gasteiger partial charge on any atom is -0.239 e. The van der Waals surface area contributed by atoms with E-state index >= 15 is 0 Å². The average Bonchev–Trinajstić information content (AvgIpc) is 2.12. The molecule has 0 bridgehead atoms. The van der Waals surface area contributed by atoms with Crippen molar-refractivity contribution >= 4 is 0 Å². The third-order valence-electron chi connectivity index (χ3n) is 2.06. The van der Waals surface area contributed by atoms with E-state index in [1.807, 2.05) is 47.6 Å². The van der Waals surface area contributed by atoms with E-state index in [1.165, 1.54) is 0 Å². The largest absolute Gasteiger partial charge is 0.239 e. The summed E-state index contributed by atoms with van der Waals surface area (Å²) in [6.45, 7) is 11.4. The summed E-state index contributed by atoms with van der Waals surface area (Å²) >= 11 is 0. The fourth-order valence-electron chi connectivity index (χ4n) is 1.68. The number of aromatic nitrogens is 5. The van der Waals surface area contributed by atoms with Gasteiger partial charge in [0.25, 0.3) is 0 Å². The van der Waals surface area contributed by atoms with Gasteiger partial charge in [0.15, 0.2) is 0 Å². The predicted molar refractivity (Wildman–Crippen MR) is 70.3 cm³/mol. The van der Waals surface area contributed by atoms with Crippen LogP contribution in [0.2, 0.25) is 0 Å². The molecule has 0 aromatic carbocycles. The van der Waals surface area contributed by atoms with Gasteiger partial charge in [-0.1, -0.05) is 0 Å². The van der Waals surface area contributed by atoms with Crippen LogP contribution in [0.3, 0.4) is 0 Å². The zero-order valence-electron chi connectivity index (χ0n) is 11.8. The van der Waals surface area contributed by atoms with Crippen LogP contribution in [0, 0.1) is 41.5 Å². The molecule has 2 rings (SSSR count). The summed E-state index contributed by atoms with van der Waals surface area (Å²) in [7, 11) is 0. The molecule has 0 aliphatic heterocycles. The quantitative estimate of drug-likeness (QED) is 0.712. The van der Waals surface area contributed by atoms with Gasteiger partial charge in [0.1, 0.15) is 23.3 Å². The van der Waals surface area contributed by atoms with Crippen LogP contribution in [0.4, 0.5) is 0 Å². The van der Waals surface area contributed by atoms with Crippen molar-refractivity contribution in [3.8, 4) is 0 Å². The molecule has 0 fully saturated rings. The normalized spacial score (nSPS) is 9.67. The first-order valence-corrected chi connectivity index (χ1v) is 5.81. The number of aryl methyl sites for hydroxylation is 6. The van der Waals surface area contributed by atoms with Gasteiger partial charge in [-0.3, -0.25) is 0 Å². The van der Waals surface area contributed by atoms with Gasteiger partial charge in [-0.25, -0.2) is 24.9 Å². The molecule has 96 valence electrons. The maximum absolute atomic E-state index is 4.12. The number of hydrogen-bond acceptors (Lipinski definition) is 5. The van der Waals surface area contributed by atoms with E-state index in [2.05, 4.69) is 24.9 Å². The van der Waals surface area contributed by atoms with Gasteiger partial charge >= 0.3 is 0 Å². The molecule has 2 aromatic heterocycles. The summed E-state index contributed by atoms with van der Waals surface area (Å²) in [6.07, 6.45) is 0. The molecule has 0 spiro atoms. The van der Waals surface area contributed by atoms with E-state index in [9.17, 15) is 0 Å². The summed E-state index contributed by atoms with van der Waals surface area (Å²) in [5.41, 5.74) is 2.08. The zero-order valence-corrected chi connectivity index (χ0v) is 11.8. The van der Waals surface area contributed by atoms with Crippen molar-refractivity contribution in [3.63, 3.8) is 0 Å². The zero-order chi connectivity index (χ0) is 13.7. The molecule has 0 saturated heterocycles. The van der Waals surface area contributed by atoms with Crippen molar-refractivity contribution in [2.24, 2.45) is 0 Å². The third-order valence-corrected chi connectivity index (χ3v) is 2.06. The van der Waals surface area contributed by atoms with E-state index in [0.717, 1.165) is 34.7 Å². The van der Waals surface area contributed by atoms with Gasteiger partial charge in [0.05, 0.1) is 0 Å². The Hall–Kier alpha value is -1.91. The van der Waals surface area contributed by atoms with Crippen molar-refractivity contribution in [1.82, 2.24) is 24.9 Å². The highest BCUT2D eigenvalue weighted by Gasteiger charge is 1.92.